The number of imide groups is 2. The van der Waals surface area contributed by atoms with Gasteiger partial charge >= 0.3 is 0 Å². The van der Waals surface area contributed by atoms with E-state index in [0.717, 1.165) is 62.6 Å². The number of benzene rings is 1. The lowest BCUT2D eigenvalue weighted by Gasteiger charge is -2.37. The molecule has 42 heavy (non-hydrogen) atoms. The molecule has 0 radical (unpaired) electrons. The van der Waals surface area contributed by atoms with Crippen LogP contribution in [0.25, 0.3) is 0 Å². The van der Waals surface area contributed by atoms with Gasteiger partial charge < -0.3 is 15.5 Å². The molecule has 13 heteroatoms. The summed E-state index contributed by atoms with van der Waals surface area (Å²) in [6, 6.07) is 6.47. The minimum Gasteiger partial charge on any atom is -0.372 e. The second-order valence-electron chi connectivity index (χ2n) is 11.3. The van der Waals surface area contributed by atoms with Crippen molar-refractivity contribution in [1.29, 1.82) is 0 Å². The normalized spacial score (nSPS) is 22.0. The third-order valence-corrected chi connectivity index (χ3v) is 8.81. The molecule has 5 amide bonds. The number of anilines is 2. The van der Waals surface area contributed by atoms with E-state index in [4.69, 9.17) is 5.73 Å². The van der Waals surface area contributed by atoms with Gasteiger partial charge in [-0.25, -0.2) is 9.97 Å². The summed E-state index contributed by atoms with van der Waals surface area (Å²) >= 11 is 0. The topological polar surface area (TPSA) is 162 Å². The highest BCUT2D eigenvalue weighted by Crippen LogP contribution is 2.28. The maximum atomic E-state index is 13.1. The van der Waals surface area contributed by atoms with E-state index in [9.17, 15) is 24.0 Å². The Bertz CT molecular complexity index is 1410. The van der Waals surface area contributed by atoms with Gasteiger partial charge in [-0.3, -0.25) is 39.1 Å². The Labute approximate surface area is 243 Å². The van der Waals surface area contributed by atoms with Gasteiger partial charge in [-0.1, -0.05) is 0 Å². The summed E-state index contributed by atoms with van der Waals surface area (Å²) < 4.78 is 0. The number of fused-ring (bicyclic) bond motifs is 1. The number of nitrogens with one attached hydrogen (secondary N) is 1. The van der Waals surface area contributed by atoms with Crippen LogP contribution in [0.1, 0.15) is 63.3 Å². The van der Waals surface area contributed by atoms with Crippen molar-refractivity contribution in [2.24, 2.45) is 11.7 Å². The van der Waals surface area contributed by atoms with Crippen LogP contribution < -0.4 is 20.9 Å². The van der Waals surface area contributed by atoms with E-state index in [1.807, 2.05) is 17.0 Å². The van der Waals surface area contributed by atoms with Crippen LogP contribution in [0.2, 0.25) is 0 Å². The molecule has 3 saturated heterocycles. The molecular weight excluding hydrogens is 540 g/mol. The number of amides is 5. The third-order valence-electron chi connectivity index (χ3n) is 8.81. The van der Waals surface area contributed by atoms with Gasteiger partial charge in [0.25, 0.3) is 11.8 Å². The van der Waals surface area contributed by atoms with E-state index in [0.29, 0.717) is 30.5 Å². The van der Waals surface area contributed by atoms with Crippen molar-refractivity contribution >= 4 is 41.2 Å². The fraction of sp³-hybridized carbons (Fsp3) is 0.483. The zero-order valence-electron chi connectivity index (χ0n) is 23.3. The summed E-state index contributed by atoms with van der Waals surface area (Å²) in [5.74, 6) is -1.63. The molecule has 0 saturated carbocycles. The standard InChI is InChI=1S/C29H34N8O5/c30-25(39)19-1-3-20(4-2-19)35-11-8-18(9-12-35)7-10-34-13-15-36(16-14-34)29-31-17-21-24(33-29)28(42)37(27(21)41)22-5-6-23(38)32-26(22)40/h1-4,17-18,22H,5-16H2,(H2,30,39)(H,32,38,40). The molecule has 4 aliphatic rings. The Kier molecular flexibility index (Phi) is 7.58. The highest BCUT2D eigenvalue weighted by Gasteiger charge is 2.46. The first-order valence-electron chi connectivity index (χ1n) is 14.5. The molecule has 0 spiro atoms. The van der Waals surface area contributed by atoms with E-state index in [1.54, 1.807) is 12.1 Å². The van der Waals surface area contributed by atoms with Gasteiger partial charge in [-0.05, 0) is 62.4 Å². The molecule has 3 N–H and O–H groups in total. The zero-order valence-corrected chi connectivity index (χ0v) is 23.3. The first kappa shape index (κ1) is 27.8. The molecule has 0 bridgehead atoms. The smallest absolute Gasteiger partial charge is 0.281 e. The number of piperidine rings is 2. The van der Waals surface area contributed by atoms with Crippen molar-refractivity contribution in [3.8, 4) is 0 Å². The molecule has 1 aromatic heterocycles. The summed E-state index contributed by atoms with van der Waals surface area (Å²) in [4.78, 5) is 77.7. The van der Waals surface area contributed by atoms with Crippen molar-refractivity contribution in [3.63, 3.8) is 0 Å². The number of carbonyl (C=O) groups excluding carboxylic acids is 5. The number of carbonyl (C=O) groups is 5. The van der Waals surface area contributed by atoms with Gasteiger partial charge in [0, 0.05) is 63.1 Å². The van der Waals surface area contributed by atoms with Crippen molar-refractivity contribution in [2.45, 2.75) is 38.1 Å². The first-order valence-corrected chi connectivity index (χ1v) is 14.5. The molecule has 2 aromatic rings. The average Bonchev–Trinajstić information content (AvgIpc) is 3.25. The van der Waals surface area contributed by atoms with Gasteiger partial charge in [0.1, 0.15) is 11.7 Å². The van der Waals surface area contributed by atoms with Crippen LogP contribution in [0, 0.1) is 5.92 Å². The Balaban J connectivity index is 0.977. The predicted molar refractivity (Wildman–Crippen MR) is 152 cm³/mol. The SMILES string of the molecule is NC(=O)c1ccc(N2CCC(CCN3CCN(c4ncc5c(n4)C(=O)N(C4CCC(=O)NC4=O)C5=O)CC3)CC2)cc1. The number of hydrogen-bond donors (Lipinski definition) is 2. The molecule has 13 nitrogen and oxygen atoms in total. The Hall–Kier alpha value is -4.39. The summed E-state index contributed by atoms with van der Waals surface area (Å²) in [6.45, 7) is 6.11. The van der Waals surface area contributed by atoms with Gasteiger partial charge in [0.2, 0.25) is 23.7 Å². The second kappa shape index (κ2) is 11.5. The van der Waals surface area contributed by atoms with E-state index in [-0.39, 0.29) is 24.1 Å². The van der Waals surface area contributed by atoms with Crippen molar-refractivity contribution in [2.75, 3.05) is 55.6 Å². The summed E-state index contributed by atoms with van der Waals surface area (Å²) in [7, 11) is 0. The van der Waals surface area contributed by atoms with Gasteiger partial charge in [0.05, 0.1) is 5.56 Å². The number of aromatic nitrogens is 2. The quantitative estimate of drug-likeness (QED) is 0.443. The van der Waals surface area contributed by atoms with E-state index in [1.165, 1.54) is 6.20 Å². The zero-order chi connectivity index (χ0) is 29.4. The lowest BCUT2D eigenvalue weighted by atomic mass is 9.93. The molecule has 0 aliphatic carbocycles. The van der Waals surface area contributed by atoms with Crippen LogP contribution in [-0.4, -0.2) is 101 Å². The third kappa shape index (κ3) is 5.43. The number of rotatable bonds is 7. The molecule has 6 rings (SSSR count). The number of nitrogens with zero attached hydrogens (tertiary/aromatic N) is 6. The molecule has 3 fully saturated rings. The molecule has 1 atom stereocenters. The second-order valence-corrected chi connectivity index (χ2v) is 11.3. The summed E-state index contributed by atoms with van der Waals surface area (Å²) in [5, 5.41) is 2.20. The van der Waals surface area contributed by atoms with Crippen LogP contribution in [0.15, 0.2) is 30.5 Å². The Morgan fingerprint density at radius 2 is 1.62 bits per heavy atom. The maximum Gasteiger partial charge on any atom is 0.281 e. The number of primary amides is 1. The highest BCUT2D eigenvalue weighted by molar-refractivity contribution is 6.22. The minimum absolute atomic E-state index is 0.00674. The number of hydrogen-bond acceptors (Lipinski definition) is 10. The lowest BCUT2D eigenvalue weighted by Crippen LogP contribution is -2.54. The molecule has 1 aromatic carbocycles. The summed E-state index contributed by atoms with van der Waals surface area (Å²) in [5.41, 5.74) is 7.09. The molecular formula is C29H34N8O5. The van der Waals surface area contributed by atoms with E-state index >= 15 is 0 Å². The lowest BCUT2D eigenvalue weighted by molar-refractivity contribution is -0.136. The molecule has 5 heterocycles. The molecule has 4 aliphatic heterocycles. The number of nitrogens with two attached hydrogens (primary N) is 1. The monoisotopic (exact) mass is 574 g/mol. The maximum absolute atomic E-state index is 13.1. The molecule has 1 unspecified atom stereocenters. The minimum atomic E-state index is -1.02. The van der Waals surface area contributed by atoms with Crippen LogP contribution >= 0.6 is 0 Å². The van der Waals surface area contributed by atoms with Gasteiger partial charge in [-0.2, -0.15) is 0 Å². The van der Waals surface area contributed by atoms with E-state index < -0.39 is 35.6 Å². The van der Waals surface area contributed by atoms with Crippen LogP contribution in [0.4, 0.5) is 11.6 Å². The van der Waals surface area contributed by atoms with Crippen LogP contribution in [0.5, 0.6) is 0 Å². The number of piperazine rings is 1. The highest BCUT2D eigenvalue weighted by atomic mass is 16.2. The van der Waals surface area contributed by atoms with Crippen molar-refractivity contribution in [3.05, 3.63) is 47.3 Å². The fourth-order valence-corrected chi connectivity index (χ4v) is 6.25. The van der Waals surface area contributed by atoms with Crippen LogP contribution in [0.3, 0.4) is 0 Å². The Morgan fingerprint density at radius 3 is 2.29 bits per heavy atom. The predicted octanol–water partition coefficient (Wildman–Crippen LogP) is 0.405. The van der Waals surface area contributed by atoms with E-state index in [2.05, 4.69) is 25.1 Å². The average molecular weight is 575 g/mol. The summed E-state index contributed by atoms with van der Waals surface area (Å²) in [6.07, 6.45) is 4.93. The Morgan fingerprint density at radius 1 is 0.905 bits per heavy atom. The largest absolute Gasteiger partial charge is 0.372 e. The van der Waals surface area contributed by atoms with Crippen molar-refractivity contribution in [1.82, 2.24) is 25.1 Å². The van der Waals surface area contributed by atoms with Gasteiger partial charge in [0.15, 0.2) is 0 Å². The van der Waals surface area contributed by atoms with Crippen LogP contribution in [-0.2, 0) is 9.59 Å². The molecule has 220 valence electrons. The first-order chi connectivity index (χ1) is 20.3. The van der Waals surface area contributed by atoms with Crippen molar-refractivity contribution < 1.29 is 24.0 Å². The fourth-order valence-electron chi connectivity index (χ4n) is 6.25. The van der Waals surface area contributed by atoms with Gasteiger partial charge in [-0.15, -0.1) is 0 Å².